The molecule has 1 amide bonds. The van der Waals surface area contributed by atoms with Crippen LogP contribution in [0.2, 0.25) is 0 Å². The number of carbonyl (C=O) groups is 2. The molecule has 106 heavy (non-hydrogen) atoms. The van der Waals surface area contributed by atoms with Gasteiger partial charge in [-0.3, -0.25) is 19.4 Å². The van der Waals surface area contributed by atoms with Crippen molar-refractivity contribution in [2.45, 2.75) is 425 Å². The Bertz CT molecular complexity index is 2080. The summed E-state index contributed by atoms with van der Waals surface area (Å²) in [4.78, 5) is 37.5. The van der Waals surface area contributed by atoms with Crippen LogP contribution in [0.5, 0.6) is 0 Å². The lowest BCUT2D eigenvalue weighted by molar-refractivity contribution is -0.164. The van der Waals surface area contributed by atoms with Gasteiger partial charge >= 0.3 is 5.97 Å². The molecular formula is C95H203N7O4. The van der Waals surface area contributed by atoms with E-state index < -0.39 is 5.41 Å². The van der Waals surface area contributed by atoms with E-state index in [-0.39, 0.29) is 35.5 Å². The van der Waals surface area contributed by atoms with Crippen LogP contribution in [0.25, 0.3) is 0 Å². The summed E-state index contributed by atoms with van der Waals surface area (Å²) in [5.74, 6) is -0.0347. The normalized spacial score (nSPS) is 19.2. The van der Waals surface area contributed by atoms with E-state index >= 15 is 0 Å². The lowest BCUT2D eigenvalue weighted by Crippen LogP contribution is -2.47. The molecule has 1 aliphatic carbocycles. The first-order chi connectivity index (χ1) is 46.9. The van der Waals surface area contributed by atoms with Crippen molar-refractivity contribution < 1.29 is 19.4 Å². The number of likely N-dealkylation sites (N-methyl/N-ethyl adjacent to an activating group) is 2. The molecule has 0 bridgehead atoms. The van der Waals surface area contributed by atoms with Crippen molar-refractivity contribution in [3.05, 3.63) is 0 Å². The highest BCUT2D eigenvalue weighted by atomic mass is 16.6. The zero-order valence-corrected chi connectivity index (χ0v) is 81.8. The third-order valence-electron chi connectivity index (χ3n) is 17.7. The quantitative estimate of drug-likeness (QED) is 0.195. The van der Waals surface area contributed by atoms with Crippen molar-refractivity contribution in [1.29, 1.82) is 0 Å². The van der Waals surface area contributed by atoms with E-state index in [1.165, 1.54) is 175 Å². The number of esters is 1. The van der Waals surface area contributed by atoms with Crippen LogP contribution in [-0.4, -0.2) is 182 Å². The van der Waals surface area contributed by atoms with E-state index in [2.05, 4.69) is 270 Å². The molecule has 5 fully saturated rings. The smallest absolute Gasteiger partial charge is 0.311 e. The molecule has 11 nitrogen and oxygen atoms in total. The van der Waals surface area contributed by atoms with Gasteiger partial charge in [-0.25, -0.2) is 0 Å². The number of aliphatic hydroxyl groups excluding tert-OH is 1. The highest BCUT2D eigenvalue weighted by molar-refractivity contribution is 5.81. The molecule has 0 aromatic heterocycles. The monoisotopic (exact) mass is 1510 g/mol. The molecule has 4 aliphatic heterocycles. The lowest BCUT2D eigenvalue weighted by Gasteiger charge is -2.42. The van der Waals surface area contributed by atoms with Crippen LogP contribution in [0.4, 0.5) is 0 Å². The number of aliphatic hydroxyl groups is 1. The molecule has 0 unspecified atom stereocenters. The summed E-state index contributed by atoms with van der Waals surface area (Å²) >= 11 is 0. The van der Waals surface area contributed by atoms with Gasteiger partial charge in [-0.05, 0) is 239 Å². The van der Waals surface area contributed by atoms with E-state index in [0.29, 0.717) is 59.6 Å². The van der Waals surface area contributed by atoms with Gasteiger partial charge in [-0.1, -0.05) is 262 Å². The van der Waals surface area contributed by atoms with Gasteiger partial charge in [-0.2, -0.15) is 0 Å². The first kappa shape index (κ1) is 113. The summed E-state index contributed by atoms with van der Waals surface area (Å²) in [6.45, 7) is 114. The second-order valence-electron chi connectivity index (χ2n) is 49.2. The van der Waals surface area contributed by atoms with Gasteiger partial charge in [0.05, 0.1) is 12.0 Å². The zero-order chi connectivity index (χ0) is 85.0. The largest absolute Gasteiger partial charge is 0.460 e. The van der Waals surface area contributed by atoms with Crippen molar-refractivity contribution in [3.8, 4) is 0 Å². The minimum absolute atomic E-state index is 0.113. The molecule has 642 valence electrons. The highest BCUT2D eigenvalue weighted by Gasteiger charge is 2.36. The van der Waals surface area contributed by atoms with Crippen LogP contribution in [0.3, 0.4) is 0 Å². The van der Waals surface area contributed by atoms with Crippen molar-refractivity contribution in [3.63, 3.8) is 0 Å². The molecular weight excluding hydrogens is 1300 g/mol. The fraction of sp³-hybridized carbons (Fsp3) is 0.979. The molecule has 5 rings (SSSR count). The minimum Gasteiger partial charge on any atom is -0.460 e. The number of likely N-dealkylation sites (tertiary alicyclic amines) is 3. The Morgan fingerprint density at radius 3 is 0.981 bits per heavy atom. The first-order valence-corrected chi connectivity index (χ1v) is 43.3. The summed E-state index contributed by atoms with van der Waals surface area (Å²) in [6.07, 6.45) is 21.0. The lowest BCUT2D eigenvalue weighted by atomic mass is 9.63. The van der Waals surface area contributed by atoms with Crippen LogP contribution < -0.4 is 5.32 Å². The number of nitrogens with zero attached hydrogens (tertiary/aromatic N) is 6. The second kappa shape index (κ2) is 50.1. The van der Waals surface area contributed by atoms with E-state index in [1.54, 1.807) is 0 Å². The van der Waals surface area contributed by atoms with Crippen molar-refractivity contribution in [1.82, 2.24) is 34.7 Å². The number of rotatable bonds is 11. The van der Waals surface area contributed by atoms with Crippen LogP contribution in [0, 0.1) is 70.4 Å². The Kier molecular flexibility index (Phi) is 53.5. The number of hydrogen-bond acceptors (Lipinski definition) is 10. The average Bonchev–Trinajstić information content (AvgIpc) is 1.27. The van der Waals surface area contributed by atoms with E-state index in [1.807, 2.05) is 83.2 Å². The predicted molar refractivity (Wildman–Crippen MR) is 477 cm³/mol. The molecule has 2 atom stereocenters. The molecule has 4 saturated heterocycles. The minimum atomic E-state index is -0.396. The Morgan fingerprint density at radius 1 is 0.443 bits per heavy atom. The summed E-state index contributed by atoms with van der Waals surface area (Å²) < 4.78 is 5.16. The van der Waals surface area contributed by atoms with Crippen LogP contribution in [-0.2, 0) is 14.3 Å². The van der Waals surface area contributed by atoms with Gasteiger partial charge in [0.15, 0.2) is 0 Å². The standard InChI is InChI=1S/2C11H23N.C10H22N2.C10H21N.C10H20.C9H18O2.2C9H20.C8H19NO.C8H17NO/c2*1-5-10-7-6-8-12(10)9-11(2,3)4;1-10(2,3)9-12-7-5-11(4)6-8-12;1-10(2,3)9-11-7-5-4-6-8-11;1-9(2,3)8-10(4)6-5-7-10;1-8(2,3)7(10)11-9(4,5)6;2*1-8(2,3)7-9(4,5)6;1-8(2,3)7-9(4)5-6-10;1-6(2)9-7(10)8(3,4)5/h2*10H,5-9H2,1-4H3;5-9H2,1-4H3;4-9H2,1-3H3;5-8H2,1-4H3;1-6H3;2*7H2,1-6H3;10H,5-7H2,1-4H3;6H,1-5H3,(H,9,10)/t2*10-;;;;;;;;/m10......../s1. The third-order valence-corrected chi connectivity index (χ3v) is 17.7. The van der Waals surface area contributed by atoms with E-state index in [0.717, 1.165) is 25.2 Å². The van der Waals surface area contributed by atoms with E-state index in [9.17, 15) is 9.59 Å². The van der Waals surface area contributed by atoms with Gasteiger partial charge in [0, 0.05) is 89.0 Å². The number of piperazine rings is 1. The van der Waals surface area contributed by atoms with Gasteiger partial charge in [0.1, 0.15) is 5.60 Å². The predicted octanol–water partition coefficient (Wildman–Crippen LogP) is 25.1. The number of carbonyl (C=O) groups excluding carboxylic acids is 2. The molecule has 11 heteroatoms. The Morgan fingerprint density at radius 2 is 0.783 bits per heavy atom. The highest BCUT2D eigenvalue weighted by Crippen LogP contribution is 2.48. The molecule has 0 radical (unpaired) electrons. The maximum Gasteiger partial charge on any atom is 0.311 e. The number of nitrogens with one attached hydrogen (secondary N) is 1. The Hall–Kier alpha value is -1.34. The molecule has 1 saturated carbocycles. The SMILES string of the molecule is CC(C)(C)CC(C)(C)C.CC(C)(C)CC(C)(C)C.CC(C)(C)CC1(C)CCC1.CC(C)(C)CN1CCCCC1.CC(C)(C)OC(=O)C(C)(C)C.CC(C)NC(=O)C(C)(C)C.CC[C@@H]1CCCN1CC(C)(C)C.CC[C@H]1CCCN1CC(C)(C)C.CN(CCO)CC(C)(C)C.CN1CCN(CC(C)(C)C)CC1. The zero-order valence-electron chi connectivity index (χ0n) is 81.8. The van der Waals surface area contributed by atoms with Gasteiger partial charge in [0.25, 0.3) is 0 Å². The van der Waals surface area contributed by atoms with Crippen molar-refractivity contribution in [2.24, 2.45) is 70.4 Å². The molecule has 4 heterocycles. The number of piperidine rings is 1. The second-order valence-corrected chi connectivity index (χ2v) is 49.2. The Labute approximate surface area is 669 Å². The van der Waals surface area contributed by atoms with Gasteiger partial charge in [-0.15, -0.1) is 0 Å². The van der Waals surface area contributed by atoms with Gasteiger partial charge < -0.3 is 34.8 Å². The van der Waals surface area contributed by atoms with Crippen molar-refractivity contribution in [2.75, 3.05) is 112 Å². The molecule has 5 aliphatic rings. The molecule has 2 N–H and O–H groups in total. The maximum atomic E-state index is 11.3. The van der Waals surface area contributed by atoms with Crippen LogP contribution >= 0.6 is 0 Å². The van der Waals surface area contributed by atoms with Crippen molar-refractivity contribution >= 4 is 11.9 Å². The maximum absolute atomic E-state index is 11.3. The number of ether oxygens (including phenoxy) is 1. The van der Waals surface area contributed by atoms with Gasteiger partial charge in [0.2, 0.25) is 5.91 Å². The summed E-state index contributed by atoms with van der Waals surface area (Å²) in [5, 5.41) is 11.4. The third kappa shape index (κ3) is 79.3. The average molecular weight is 1510 g/mol. The number of hydrogen-bond donors (Lipinski definition) is 2. The number of amides is 1. The molecule has 0 spiro atoms. The fourth-order valence-corrected chi connectivity index (χ4v) is 15.2. The molecule has 0 aromatic rings. The van der Waals surface area contributed by atoms with E-state index in [4.69, 9.17) is 9.84 Å². The van der Waals surface area contributed by atoms with Crippen LogP contribution in [0.1, 0.15) is 401 Å². The summed E-state index contributed by atoms with van der Waals surface area (Å²) in [6, 6.07) is 2.00. The van der Waals surface area contributed by atoms with Crippen LogP contribution in [0.15, 0.2) is 0 Å². The first-order valence-electron chi connectivity index (χ1n) is 43.3. The summed E-state index contributed by atoms with van der Waals surface area (Å²) in [7, 11) is 4.23. The summed E-state index contributed by atoms with van der Waals surface area (Å²) in [5.41, 5.74) is 4.37. The topological polar surface area (TPSA) is 95.1 Å². The molecule has 0 aromatic carbocycles. The fourth-order valence-electron chi connectivity index (χ4n) is 15.2. The Balaban J connectivity index is -0.000000357.